The Bertz CT molecular complexity index is 596. The number of amides is 1. The average Bonchev–Trinajstić information content (AvgIpc) is 2.68. The Morgan fingerprint density at radius 3 is 2.58 bits per heavy atom. The molecule has 0 N–H and O–H groups in total. The van der Waals surface area contributed by atoms with E-state index in [1.165, 1.54) is 49.9 Å². The standard InChI is InChI=1S/C22H34N2O2/c1-18-9-10-21(16-19(18)2)26-17-22(25)24-14-7-4-8-20(24)11-15-23-12-5-3-6-13-23/h9-10,16,20H,3-8,11-15,17H2,1-2H3/t20-/m0/s1. The van der Waals surface area contributed by atoms with Gasteiger partial charge in [0.2, 0.25) is 0 Å². The number of piperidine rings is 2. The molecule has 26 heavy (non-hydrogen) atoms. The lowest BCUT2D eigenvalue weighted by molar-refractivity contribution is -0.137. The van der Waals surface area contributed by atoms with Crippen LogP contribution in [0, 0.1) is 13.8 Å². The van der Waals surface area contributed by atoms with Crippen molar-refractivity contribution < 1.29 is 9.53 Å². The molecule has 1 atom stereocenters. The Morgan fingerprint density at radius 1 is 1.04 bits per heavy atom. The summed E-state index contributed by atoms with van der Waals surface area (Å²) in [7, 11) is 0. The number of hydrogen-bond acceptors (Lipinski definition) is 3. The summed E-state index contributed by atoms with van der Waals surface area (Å²) in [5, 5.41) is 0. The molecule has 0 unspecified atom stereocenters. The molecule has 0 aromatic heterocycles. The first-order valence-corrected chi connectivity index (χ1v) is 10.4. The molecule has 4 heteroatoms. The first kappa shape index (κ1) is 19.2. The largest absolute Gasteiger partial charge is 0.484 e. The van der Waals surface area contributed by atoms with E-state index in [4.69, 9.17) is 4.74 Å². The molecule has 2 heterocycles. The number of aryl methyl sites for hydroxylation is 2. The molecule has 1 amide bonds. The number of nitrogens with zero attached hydrogens (tertiary/aromatic N) is 2. The lowest BCUT2D eigenvalue weighted by atomic mass is 9.98. The van der Waals surface area contributed by atoms with Crippen molar-refractivity contribution in [3.05, 3.63) is 29.3 Å². The lowest BCUT2D eigenvalue weighted by Gasteiger charge is -2.37. The van der Waals surface area contributed by atoms with Crippen LogP contribution in [0.2, 0.25) is 0 Å². The van der Waals surface area contributed by atoms with Crippen molar-refractivity contribution in [2.45, 2.75) is 64.8 Å². The first-order chi connectivity index (χ1) is 12.6. The lowest BCUT2D eigenvalue weighted by Crippen LogP contribution is -2.47. The van der Waals surface area contributed by atoms with Crippen molar-refractivity contribution in [3.63, 3.8) is 0 Å². The van der Waals surface area contributed by atoms with Gasteiger partial charge in [-0.25, -0.2) is 0 Å². The van der Waals surface area contributed by atoms with Crippen LogP contribution in [-0.2, 0) is 4.79 Å². The minimum atomic E-state index is 0.145. The van der Waals surface area contributed by atoms with Crippen molar-refractivity contribution in [1.29, 1.82) is 0 Å². The molecule has 144 valence electrons. The molecule has 2 saturated heterocycles. The number of hydrogen-bond donors (Lipinski definition) is 0. The van der Waals surface area contributed by atoms with Crippen LogP contribution in [-0.4, -0.2) is 54.5 Å². The van der Waals surface area contributed by atoms with Crippen LogP contribution in [0.15, 0.2) is 18.2 Å². The molecular weight excluding hydrogens is 324 g/mol. The third kappa shape index (κ3) is 5.23. The van der Waals surface area contributed by atoms with Gasteiger partial charge in [0.25, 0.3) is 5.91 Å². The number of benzene rings is 1. The summed E-state index contributed by atoms with van der Waals surface area (Å²) in [6.07, 6.45) is 8.65. The van der Waals surface area contributed by atoms with Crippen LogP contribution < -0.4 is 4.74 Å². The normalized spacial score (nSPS) is 21.6. The van der Waals surface area contributed by atoms with E-state index in [1.807, 2.05) is 12.1 Å². The third-order valence-corrected chi connectivity index (χ3v) is 6.02. The Hall–Kier alpha value is -1.55. The van der Waals surface area contributed by atoms with Crippen molar-refractivity contribution in [3.8, 4) is 5.75 Å². The highest BCUT2D eigenvalue weighted by Gasteiger charge is 2.27. The average molecular weight is 359 g/mol. The van der Waals surface area contributed by atoms with Gasteiger partial charge in [-0.3, -0.25) is 4.79 Å². The van der Waals surface area contributed by atoms with E-state index in [0.717, 1.165) is 38.1 Å². The predicted octanol–water partition coefficient (Wildman–Crippen LogP) is 3.94. The fourth-order valence-corrected chi connectivity index (χ4v) is 4.18. The fourth-order valence-electron chi connectivity index (χ4n) is 4.18. The summed E-state index contributed by atoms with van der Waals surface area (Å²) < 4.78 is 5.80. The van der Waals surface area contributed by atoms with E-state index in [-0.39, 0.29) is 12.5 Å². The van der Waals surface area contributed by atoms with Gasteiger partial charge in [-0.1, -0.05) is 12.5 Å². The predicted molar refractivity (Wildman–Crippen MR) is 106 cm³/mol. The van der Waals surface area contributed by atoms with E-state index in [0.29, 0.717) is 6.04 Å². The van der Waals surface area contributed by atoms with Crippen molar-refractivity contribution in [2.75, 3.05) is 32.8 Å². The molecule has 2 aliphatic heterocycles. The van der Waals surface area contributed by atoms with Crippen LogP contribution in [0.1, 0.15) is 56.1 Å². The highest BCUT2D eigenvalue weighted by atomic mass is 16.5. The van der Waals surface area contributed by atoms with Gasteiger partial charge in [0.05, 0.1) is 0 Å². The Kier molecular flexibility index (Phi) is 6.95. The summed E-state index contributed by atoms with van der Waals surface area (Å²) in [5.41, 5.74) is 2.45. The van der Waals surface area contributed by atoms with E-state index >= 15 is 0 Å². The Labute approximate surface area is 158 Å². The second kappa shape index (κ2) is 9.40. The molecule has 1 aromatic carbocycles. The van der Waals surface area contributed by atoms with Crippen LogP contribution in [0.25, 0.3) is 0 Å². The minimum Gasteiger partial charge on any atom is -0.484 e. The SMILES string of the molecule is Cc1ccc(OCC(=O)N2CCCC[C@H]2CCN2CCCCC2)cc1C. The number of ether oxygens (including phenoxy) is 1. The summed E-state index contributed by atoms with van der Waals surface area (Å²) in [6.45, 7) is 8.80. The molecule has 2 aliphatic rings. The fraction of sp³-hybridized carbons (Fsp3) is 0.682. The van der Waals surface area contributed by atoms with Gasteiger partial charge in [-0.05, 0) is 88.7 Å². The molecule has 4 nitrogen and oxygen atoms in total. The van der Waals surface area contributed by atoms with Crippen LogP contribution in [0.3, 0.4) is 0 Å². The zero-order valence-corrected chi connectivity index (χ0v) is 16.5. The van der Waals surface area contributed by atoms with Crippen LogP contribution in [0.5, 0.6) is 5.75 Å². The zero-order valence-electron chi connectivity index (χ0n) is 16.5. The van der Waals surface area contributed by atoms with Gasteiger partial charge in [-0.2, -0.15) is 0 Å². The Morgan fingerprint density at radius 2 is 1.81 bits per heavy atom. The quantitative estimate of drug-likeness (QED) is 0.772. The van der Waals surface area contributed by atoms with Gasteiger partial charge in [-0.15, -0.1) is 0 Å². The highest BCUT2D eigenvalue weighted by molar-refractivity contribution is 5.78. The monoisotopic (exact) mass is 358 g/mol. The van der Waals surface area contributed by atoms with E-state index in [2.05, 4.69) is 29.7 Å². The zero-order chi connectivity index (χ0) is 18.4. The van der Waals surface area contributed by atoms with Gasteiger partial charge >= 0.3 is 0 Å². The maximum absolute atomic E-state index is 12.8. The van der Waals surface area contributed by atoms with Gasteiger partial charge in [0.1, 0.15) is 5.75 Å². The summed E-state index contributed by atoms with van der Waals surface area (Å²) >= 11 is 0. The highest BCUT2D eigenvalue weighted by Crippen LogP contribution is 2.22. The van der Waals surface area contributed by atoms with Gasteiger partial charge in [0, 0.05) is 19.1 Å². The second-order valence-corrected chi connectivity index (χ2v) is 7.96. The van der Waals surface area contributed by atoms with Crippen LogP contribution >= 0.6 is 0 Å². The summed E-state index contributed by atoms with van der Waals surface area (Å²) in [6, 6.07) is 6.42. The smallest absolute Gasteiger partial charge is 0.260 e. The molecule has 0 saturated carbocycles. The van der Waals surface area contributed by atoms with Crippen molar-refractivity contribution in [2.24, 2.45) is 0 Å². The second-order valence-electron chi connectivity index (χ2n) is 7.96. The molecule has 1 aromatic rings. The first-order valence-electron chi connectivity index (χ1n) is 10.4. The number of likely N-dealkylation sites (tertiary alicyclic amines) is 2. The molecule has 3 rings (SSSR count). The molecule has 0 radical (unpaired) electrons. The molecule has 0 spiro atoms. The third-order valence-electron chi connectivity index (χ3n) is 6.02. The summed E-state index contributed by atoms with van der Waals surface area (Å²) in [4.78, 5) is 17.4. The molecule has 2 fully saturated rings. The number of rotatable bonds is 6. The maximum Gasteiger partial charge on any atom is 0.260 e. The Balaban J connectivity index is 1.50. The van der Waals surface area contributed by atoms with Crippen molar-refractivity contribution >= 4 is 5.91 Å². The summed E-state index contributed by atoms with van der Waals surface area (Å²) in [5.74, 6) is 0.940. The number of carbonyl (C=O) groups excluding carboxylic acids is 1. The van der Waals surface area contributed by atoms with Gasteiger partial charge in [0.15, 0.2) is 6.61 Å². The molecule has 0 aliphatic carbocycles. The van der Waals surface area contributed by atoms with E-state index in [9.17, 15) is 4.79 Å². The molecule has 0 bridgehead atoms. The maximum atomic E-state index is 12.8. The van der Waals surface area contributed by atoms with Crippen LogP contribution in [0.4, 0.5) is 0 Å². The number of carbonyl (C=O) groups is 1. The van der Waals surface area contributed by atoms with E-state index < -0.39 is 0 Å². The van der Waals surface area contributed by atoms with Crippen molar-refractivity contribution in [1.82, 2.24) is 9.80 Å². The topological polar surface area (TPSA) is 32.8 Å². The van der Waals surface area contributed by atoms with Gasteiger partial charge < -0.3 is 14.5 Å². The van der Waals surface area contributed by atoms with E-state index in [1.54, 1.807) is 0 Å². The minimum absolute atomic E-state index is 0.145. The molecular formula is C22H34N2O2.